The van der Waals surface area contributed by atoms with E-state index in [0.29, 0.717) is 0 Å². The average molecular weight is 347 g/mol. The van der Waals surface area contributed by atoms with E-state index >= 15 is 0 Å². The molecule has 1 atom stereocenters. The number of unbranched alkanes of at least 4 members (excludes halogenated alkanes) is 12. The lowest BCUT2D eigenvalue weighted by atomic mass is 10.0. The fourth-order valence-electron chi connectivity index (χ4n) is 3.23. The van der Waals surface area contributed by atoms with Crippen molar-refractivity contribution in [1.29, 1.82) is 0 Å². The fraction of sp³-hybridized carbons (Fsp3) is 0.783. The molecule has 1 aliphatic rings. The first-order valence-electron chi connectivity index (χ1n) is 10.7. The molecule has 0 saturated heterocycles. The molecule has 0 aliphatic carbocycles. The minimum absolute atomic E-state index is 0.0832. The van der Waals surface area contributed by atoms with Crippen molar-refractivity contribution in [2.45, 2.75) is 116 Å². The van der Waals surface area contributed by atoms with Crippen LogP contribution in [0.4, 0.5) is 0 Å². The summed E-state index contributed by atoms with van der Waals surface area (Å²) in [7, 11) is 0. The van der Waals surface area contributed by atoms with Crippen LogP contribution in [0.5, 0.6) is 0 Å². The Morgan fingerprint density at radius 1 is 0.840 bits per heavy atom. The van der Waals surface area contributed by atoms with Gasteiger partial charge in [0.2, 0.25) is 0 Å². The molecule has 0 aromatic carbocycles. The predicted octanol–water partition coefficient (Wildman–Crippen LogP) is 6.73. The molecule has 2 heteroatoms. The number of ether oxygens (including phenoxy) is 1. The average Bonchev–Trinajstić information content (AvgIpc) is 2.96. The van der Waals surface area contributed by atoms with Crippen LogP contribution in [0.15, 0.2) is 11.6 Å². The van der Waals surface area contributed by atoms with E-state index in [1.807, 2.05) is 0 Å². The summed E-state index contributed by atoms with van der Waals surface area (Å²) >= 11 is 0. The highest BCUT2D eigenvalue weighted by Gasteiger charge is 2.24. The third-order valence-electron chi connectivity index (χ3n) is 4.84. The maximum absolute atomic E-state index is 11.5. The second-order valence-corrected chi connectivity index (χ2v) is 7.25. The number of carbonyl (C=O) groups is 1. The van der Waals surface area contributed by atoms with Crippen LogP contribution in [0.1, 0.15) is 110 Å². The summed E-state index contributed by atoms with van der Waals surface area (Å²) in [6.07, 6.45) is 20.2. The molecule has 1 heterocycles. The second-order valence-electron chi connectivity index (χ2n) is 7.25. The van der Waals surface area contributed by atoms with Crippen LogP contribution in [-0.4, -0.2) is 12.1 Å². The van der Waals surface area contributed by atoms with Crippen molar-refractivity contribution in [1.82, 2.24) is 0 Å². The Morgan fingerprint density at radius 3 is 2.04 bits per heavy atom. The van der Waals surface area contributed by atoms with Crippen LogP contribution < -0.4 is 0 Å². The van der Waals surface area contributed by atoms with Gasteiger partial charge in [-0.2, -0.15) is 0 Å². The number of esters is 1. The van der Waals surface area contributed by atoms with Gasteiger partial charge >= 0.3 is 5.97 Å². The Hall–Kier alpha value is -1.23. The zero-order chi connectivity index (χ0) is 18.2. The Kier molecular flexibility index (Phi) is 13.1. The summed E-state index contributed by atoms with van der Waals surface area (Å²) in [6, 6.07) is 0. The lowest BCUT2D eigenvalue weighted by molar-refractivity contribution is -0.138. The van der Waals surface area contributed by atoms with Gasteiger partial charge < -0.3 is 4.74 Å². The van der Waals surface area contributed by atoms with E-state index in [4.69, 9.17) is 4.74 Å². The molecule has 0 N–H and O–H groups in total. The van der Waals surface area contributed by atoms with Crippen molar-refractivity contribution in [2.75, 3.05) is 0 Å². The number of rotatable bonds is 14. The molecule has 25 heavy (non-hydrogen) atoms. The van der Waals surface area contributed by atoms with Crippen LogP contribution in [0.3, 0.4) is 0 Å². The van der Waals surface area contributed by atoms with Crippen LogP contribution in [0, 0.1) is 11.8 Å². The predicted molar refractivity (Wildman–Crippen MR) is 106 cm³/mol. The Bertz CT molecular complexity index is 439. The van der Waals surface area contributed by atoms with Gasteiger partial charge in [-0.3, -0.25) is 0 Å². The summed E-state index contributed by atoms with van der Waals surface area (Å²) in [4.78, 5) is 11.5. The van der Waals surface area contributed by atoms with Crippen LogP contribution in [0.25, 0.3) is 0 Å². The quantitative estimate of drug-likeness (QED) is 0.198. The maximum Gasteiger partial charge on any atom is 0.332 e. The molecule has 2 nitrogen and oxygen atoms in total. The highest BCUT2D eigenvalue weighted by molar-refractivity contribution is 5.87. The highest BCUT2D eigenvalue weighted by Crippen LogP contribution is 2.21. The van der Waals surface area contributed by atoms with Gasteiger partial charge in [-0.1, -0.05) is 96.3 Å². The van der Waals surface area contributed by atoms with Gasteiger partial charge in [0.1, 0.15) is 6.10 Å². The van der Waals surface area contributed by atoms with E-state index in [-0.39, 0.29) is 12.1 Å². The number of hydrogen-bond donors (Lipinski definition) is 0. The molecule has 0 radical (unpaired) electrons. The first kappa shape index (κ1) is 21.8. The van der Waals surface area contributed by atoms with E-state index < -0.39 is 0 Å². The molecule has 1 rings (SSSR count). The molecular formula is C23H38O2. The Morgan fingerprint density at radius 2 is 1.40 bits per heavy atom. The first-order chi connectivity index (χ1) is 12.3. The van der Waals surface area contributed by atoms with Gasteiger partial charge in [0, 0.05) is 18.1 Å². The fourth-order valence-corrected chi connectivity index (χ4v) is 3.23. The third kappa shape index (κ3) is 11.1. The van der Waals surface area contributed by atoms with Crippen molar-refractivity contribution in [3.05, 3.63) is 11.6 Å². The zero-order valence-corrected chi connectivity index (χ0v) is 16.6. The topological polar surface area (TPSA) is 26.3 Å². The molecule has 0 fully saturated rings. The smallest absolute Gasteiger partial charge is 0.332 e. The monoisotopic (exact) mass is 346 g/mol. The van der Waals surface area contributed by atoms with Crippen LogP contribution in [0.2, 0.25) is 0 Å². The summed E-state index contributed by atoms with van der Waals surface area (Å²) in [5, 5.41) is 0. The van der Waals surface area contributed by atoms with E-state index in [2.05, 4.69) is 25.7 Å². The molecule has 1 unspecified atom stereocenters. The van der Waals surface area contributed by atoms with Gasteiger partial charge in [-0.25, -0.2) is 4.79 Å². The minimum Gasteiger partial charge on any atom is -0.454 e. The second kappa shape index (κ2) is 15.1. The molecule has 0 saturated carbocycles. The lowest BCUT2D eigenvalue weighted by Crippen LogP contribution is -2.11. The molecule has 0 aromatic heterocycles. The van der Waals surface area contributed by atoms with Crippen molar-refractivity contribution in [3.63, 3.8) is 0 Å². The standard InChI is InChI=1S/C23H38O2/c1-3-5-7-9-11-12-13-15-17-19-22-21(20-23(24)25-22)18-16-14-10-8-6-4-2/h20,22H,3-15,17,19H2,1-2H3. The van der Waals surface area contributed by atoms with Crippen LogP contribution >= 0.6 is 0 Å². The van der Waals surface area contributed by atoms with E-state index in [1.54, 1.807) is 6.08 Å². The lowest BCUT2D eigenvalue weighted by Gasteiger charge is -2.10. The van der Waals surface area contributed by atoms with Crippen molar-refractivity contribution >= 4 is 5.97 Å². The Labute approximate surface area is 155 Å². The molecule has 142 valence electrons. The number of hydrogen-bond acceptors (Lipinski definition) is 2. The van der Waals surface area contributed by atoms with Crippen molar-refractivity contribution in [3.8, 4) is 11.8 Å². The molecular weight excluding hydrogens is 308 g/mol. The largest absolute Gasteiger partial charge is 0.454 e. The third-order valence-corrected chi connectivity index (χ3v) is 4.84. The summed E-state index contributed by atoms with van der Waals surface area (Å²) < 4.78 is 5.41. The van der Waals surface area contributed by atoms with Gasteiger partial charge in [0.25, 0.3) is 0 Å². The summed E-state index contributed by atoms with van der Waals surface area (Å²) in [6.45, 7) is 4.48. The van der Waals surface area contributed by atoms with Gasteiger partial charge in [0.05, 0.1) is 0 Å². The first-order valence-corrected chi connectivity index (χ1v) is 10.7. The number of carbonyl (C=O) groups excluding carboxylic acids is 1. The maximum atomic E-state index is 11.5. The van der Waals surface area contributed by atoms with E-state index in [0.717, 1.165) is 31.3 Å². The molecule has 0 aromatic rings. The SMILES string of the molecule is CCCCCCC#CC1=CC(=O)OC1CCCCCCCCCCC. The summed E-state index contributed by atoms with van der Waals surface area (Å²) in [5.74, 6) is 6.19. The Balaban J connectivity index is 2.12. The van der Waals surface area contributed by atoms with E-state index in [1.165, 1.54) is 70.6 Å². The number of cyclic esters (lactones) is 1. The highest BCUT2D eigenvalue weighted by atomic mass is 16.5. The normalized spacial score (nSPS) is 16.3. The minimum atomic E-state index is -0.212. The molecule has 0 amide bonds. The summed E-state index contributed by atoms with van der Waals surface area (Å²) in [5.41, 5.74) is 0.903. The van der Waals surface area contributed by atoms with Crippen LogP contribution in [-0.2, 0) is 9.53 Å². The van der Waals surface area contributed by atoms with Gasteiger partial charge in [0.15, 0.2) is 0 Å². The van der Waals surface area contributed by atoms with Gasteiger partial charge in [-0.05, 0) is 19.3 Å². The molecule has 0 bridgehead atoms. The van der Waals surface area contributed by atoms with Crippen molar-refractivity contribution < 1.29 is 9.53 Å². The van der Waals surface area contributed by atoms with Gasteiger partial charge in [-0.15, -0.1) is 0 Å². The molecule has 1 aliphatic heterocycles. The molecule has 0 spiro atoms. The van der Waals surface area contributed by atoms with Crippen molar-refractivity contribution in [2.24, 2.45) is 0 Å². The van der Waals surface area contributed by atoms with E-state index in [9.17, 15) is 4.79 Å². The zero-order valence-electron chi connectivity index (χ0n) is 16.6.